The van der Waals surface area contributed by atoms with Crippen molar-refractivity contribution < 1.29 is 0 Å². The number of halogens is 2. The Morgan fingerprint density at radius 1 is 1.58 bits per heavy atom. The first kappa shape index (κ1) is 8.25. The second-order valence-corrected chi connectivity index (χ2v) is 3.96. The molecule has 0 aliphatic carbocycles. The van der Waals surface area contributed by atoms with Crippen LogP contribution in [0.4, 0.5) is 0 Å². The maximum Gasteiger partial charge on any atom is 0.157 e. The summed E-state index contributed by atoms with van der Waals surface area (Å²) in [6, 6.07) is 1.81. The van der Waals surface area contributed by atoms with Crippen molar-refractivity contribution in [2.45, 2.75) is 6.92 Å². The van der Waals surface area contributed by atoms with Gasteiger partial charge in [-0.05, 0) is 41.1 Å². The Morgan fingerprint density at radius 3 is 3.08 bits per heavy atom. The smallest absolute Gasteiger partial charge is 0.157 e. The molecule has 62 valence electrons. The summed E-state index contributed by atoms with van der Waals surface area (Å²) in [4.78, 5) is 4.19. The molecule has 3 nitrogen and oxygen atoms in total. The number of hydrogen-bond acceptors (Lipinski definition) is 2. The molecule has 2 aromatic rings. The Kier molecular flexibility index (Phi) is 1.96. The summed E-state index contributed by atoms with van der Waals surface area (Å²) in [6.45, 7) is 1.96. The second-order valence-electron chi connectivity index (χ2n) is 2.47. The Morgan fingerprint density at radius 2 is 2.33 bits per heavy atom. The van der Waals surface area contributed by atoms with E-state index >= 15 is 0 Å². The predicted octanol–water partition coefficient (Wildman–Crippen LogP) is 2.30. The van der Waals surface area contributed by atoms with Gasteiger partial charge in [0.25, 0.3) is 0 Å². The molecule has 0 unspecified atom stereocenters. The van der Waals surface area contributed by atoms with Crippen LogP contribution >= 0.6 is 34.2 Å². The number of rotatable bonds is 0. The highest BCUT2D eigenvalue weighted by Gasteiger charge is 2.04. The van der Waals surface area contributed by atoms with Crippen LogP contribution in [0.5, 0.6) is 0 Å². The number of fused-ring (bicyclic) bond motifs is 1. The summed E-state index contributed by atoms with van der Waals surface area (Å²) >= 11 is 7.96. The SMILES string of the molecule is Cc1cc(Cl)nn2c(I)cnc12. The zero-order valence-corrected chi connectivity index (χ0v) is 9.17. The molecule has 0 saturated carbocycles. The van der Waals surface area contributed by atoms with Crippen molar-refractivity contribution in [3.63, 3.8) is 0 Å². The van der Waals surface area contributed by atoms with E-state index in [-0.39, 0.29) is 0 Å². The van der Waals surface area contributed by atoms with Crippen molar-refractivity contribution in [3.8, 4) is 0 Å². The molecule has 0 saturated heterocycles. The minimum Gasteiger partial charge on any atom is -0.234 e. The van der Waals surface area contributed by atoms with Gasteiger partial charge in [-0.3, -0.25) is 0 Å². The minimum absolute atomic E-state index is 0.496. The lowest BCUT2D eigenvalue weighted by atomic mass is 10.3. The molecule has 2 aromatic heterocycles. The van der Waals surface area contributed by atoms with Crippen LogP contribution in [0.3, 0.4) is 0 Å². The van der Waals surface area contributed by atoms with Gasteiger partial charge in [-0.1, -0.05) is 11.6 Å². The van der Waals surface area contributed by atoms with E-state index in [0.29, 0.717) is 5.15 Å². The molecule has 0 N–H and O–H groups in total. The van der Waals surface area contributed by atoms with E-state index in [2.05, 4.69) is 32.7 Å². The number of imidazole rings is 1. The van der Waals surface area contributed by atoms with Crippen molar-refractivity contribution in [2.24, 2.45) is 0 Å². The molecule has 0 aliphatic heterocycles. The van der Waals surface area contributed by atoms with Crippen LogP contribution in [0.25, 0.3) is 5.65 Å². The molecule has 5 heteroatoms. The van der Waals surface area contributed by atoms with E-state index in [4.69, 9.17) is 11.6 Å². The average Bonchev–Trinajstić information content (AvgIpc) is 2.33. The van der Waals surface area contributed by atoms with E-state index in [9.17, 15) is 0 Å². The van der Waals surface area contributed by atoms with E-state index in [0.717, 1.165) is 14.9 Å². The fourth-order valence-corrected chi connectivity index (χ4v) is 1.77. The van der Waals surface area contributed by atoms with E-state index < -0.39 is 0 Å². The first-order chi connectivity index (χ1) is 5.68. The van der Waals surface area contributed by atoms with Crippen LogP contribution in [-0.2, 0) is 0 Å². The van der Waals surface area contributed by atoms with Crippen molar-refractivity contribution in [1.82, 2.24) is 14.6 Å². The van der Waals surface area contributed by atoms with Gasteiger partial charge in [0, 0.05) is 0 Å². The molecule has 0 aromatic carbocycles. The van der Waals surface area contributed by atoms with E-state index in [1.165, 1.54) is 0 Å². The van der Waals surface area contributed by atoms with Crippen LogP contribution in [0, 0.1) is 10.6 Å². The Bertz CT molecular complexity index is 437. The minimum atomic E-state index is 0.496. The summed E-state index contributed by atoms with van der Waals surface area (Å²) in [5.41, 5.74) is 1.90. The molecular formula is C7H5ClIN3. The third kappa shape index (κ3) is 1.19. The van der Waals surface area contributed by atoms with Crippen molar-refractivity contribution in [1.29, 1.82) is 0 Å². The Balaban J connectivity index is 2.92. The van der Waals surface area contributed by atoms with Gasteiger partial charge >= 0.3 is 0 Å². The van der Waals surface area contributed by atoms with Crippen LogP contribution in [0.2, 0.25) is 5.15 Å². The standard InChI is InChI=1S/C7H5ClIN3/c1-4-2-5(8)11-12-6(9)3-10-7(4)12/h2-3H,1H3. The Labute approximate surface area is 87.9 Å². The predicted molar refractivity (Wildman–Crippen MR) is 55.5 cm³/mol. The largest absolute Gasteiger partial charge is 0.234 e. The molecule has 0 spiro atoms. The van der Waals surface area contributed by atoms with Gasteiger partial charge < -0.3 is 0 Å². The van der Waals surface area contributed by atoms with Crippen LogP contribution < -0.4 is 0 Å². The van der Waals surface area contributed by atoms with E-state index in [1.807, 2.05) is 6.92 Å². The van der Waals surface area contributed by atoms with Gasteiger partial charge in [-0.15, -0.1) is 0 Å². The Hall–Kier alpha value is -0.360. The quantitative estimate of drug-likeness (QED) is 0.698. The van der Waals surface area contributed by atoms with Crippen molar-refractivity contribution >= 4 is 39.8 Å². The third-order valence-electron chi connectivity index (χ3n) is 1.58. The van der Waals surface area contributed by atoms with Gasteiger partial charge in [0.2, 0.25) is 0 Å². The number of nitrogens with zero attached hydrogens (tertiary/aromatic N) is 3. The molecule has 0 radical (unpaired) electrons. The number of aryl methyl sites for hydroxylation is 1. The molecular weight excluding hydrogens is 288 g/mol. The molecule has 2 rings (SSSR count). The van der Waals surface area contributed by atoms with Crippen LogP contribution in [0.1, 0.15) is 5.56 Å². The van der Waals surface area contributed by atoms with Crippen molar-refractivity contribution in [2.75, 3.05) is 0 Å². The summed E-state index contributed by atoms with van der Waals surface area (Å²) in [6.07, 6.45) is 1.77. The van der Waals surface area contributed by atoms with Gasteiger partial charge in [0.05, 0.1) is 6.20 Å². The number of aromatic nitrogens is 3. The first-order valence-corrected chi connectivity index (χ1v) is 4.80. The van der Waals surface area contributed by atoms with Gasteiger partial charge in [0.1, 0.15) is 8.85 Å². The lowest BCUT2D eigenvalue weighted by molar-refractivity contribution is 0.907. The highest BCUT2D eigenvalue weighted by atomic mass is 127. The van der Waals surface area contributed by atoms with Crippen molar-refractivity contribution in [3.05, 3.63) is 26.7 Å². The van der Waals surface area contributed by atoms with Gasteiger partial charge in [0.15, 0.2) is 5.65 Å². The fraction of sp³-hybridized carbons (Fsp3) is 0.143. The highest BCUT2D eigenvalue weighted by molar-refractivity contribution is 14.1. The average molecular weight is 293 g/mol. The molecule has 0 bridgehead atoms. The monoisotopic (exact) mass is 293 g/mol. The molecule has 0 fully saturated rings. The lowest BCUT2D eigenvalue weighted by Crippen LogP contribution is -1.95. The third-order valence-corrected chi connectivity index (χ3v) is 2.50. The maximum absolute atomic E-state index is 5.79. The van der Waals surface area contributed by atoms with E-state index in [1.54, 1.807) is 16.8 Å². The maximum atomic E-state index is 5.79. The highest BCUT2D eigenvalue weighted by Crippen LogP contribution is 2.14. The van der Waals surface area contributed by atoms with Crippen LogP contribution in [-0.4, -0.2) is 14.6 Å². The molecule has 0 amide bonds. The zero-order chi connectivity index (χ0) is 8.72. The summed E-state index contributed by atoms with van der Waals surface area (Å²) in [5.74, 6) is 0. The summed E-state index contributed by atoms with van der Waals surface area (Å²) in [7, 11) is 0. The van der Waals surface area contributed by atoms with Crippen LogP contribution in [0.15, 0.2) is 12.3 Å². The summed E-state index contributed by atoms with van der Waals surface area (Å²) in [5, 5.41) is 4.60. The summed E-state index contributed by atoms with van der Waals surface area (Å²) < 4.78 is 2.70. The molecule has 2 heterocycles. The molecule has 12 heavy (non-hydrogen) atoms. The lowest BCUT2D eigenvalue weighted by Gasteiger charge is -1.97. The second kappa shape index (κ2) is 2.85. The van der Waals surface area contributed by atoms with Gasteiger partial charge in [-0.25, -0.2) is 9.50 Å². The zero-order valence-electron chi connectivity index (χ0n) is 6.25. The van der Waals surface area contributed by atoms with Gasteiger partial charge in [-0.2, -0.15) is 5.10 Å². The first-order valence-electron chi connectivity index (χ1n) is 3.35. The molecule has 0 atom stereocenters. The number of hydrogen-bond donors (Lipinski definition) is 0. The fourth-order valence-electron chi connectivity index (χ4n) is 1.06. The molecule has 0 aliphatic rings. The normalized spacial score (nSPS) is 10.9. The topological polar surface area (TPSA) is 30.2 Å².